The number of rotatable bonds is 1. The molecule has 6 aromatic carbocycles. The van der Waals surface area contributed by atoms with Gasteiger partial charge in [-0.05, 0) is 66.7 Å². The molecule has 8 rings (SSSR count). The number of hydrogen-bond acceptors (Lipinski definition) is 2. The van der Waals surface area contributed by atoms with Gasteiger partial charge in [-0.2, -0.15) is 0 Å². The Morgan fingerprint density at radius 3 is 2.03 bits per heavy atom. The van der Waals surface area contributed by atoms with E-state index in [0.29, 0.717) is 0 Å². The van der Waals surface area contributed by atoms with Crippen molar-refractivity contribution in [2.45, 2.75) is 0 Å². The zero-order valence-corrected chi connectivity index (χ0v) is 19.9. The topological polar surface area (TPSA) is 0 Å². The lowest BCUT2D eigenvalue weighted by atomic mass is 9.88. The van der Waals surface area contributed by atoms with Crippen LogP contribution in [0.15, 0.2) is 96.4 Å². The van der Waals surface area contributed by atoms with Gasteiger partial charge in [0.15, 0.2) is 0 Å². The maximum absolute atomic E-state index is 4.70. The molecule has 0 atom stereocenters. The largest absolute Gasteiger partial charge is 0.143 e. The Balaban J connectivity index is 1.62. The Kier molecular flexibility index (Phi) is 3.66. The first-order valence-electron chi connectivity index (χ1n) is 11.5. The Labute approximate surface area is 204 Å². The van der Waals surface area contributed by atoms with Crippen LogP contribution in [0.25, 0.3) is 80.3 Å². The van der Waals surface area contributed by atoms with E-state index >= 15 is 0 Å². The third-order valence-corrected chi connectivity index (χ3v) is 9.34. The molecular formula is C32H18S2. The standard InChI is InChI=1S/C32H18S2/c1-18-25-16-29-32(23-9-3-5-15-28(23)34-29)24-13-7-11-21(31(24)25)20-10-6-12-22(30(18)20)26-17-33-27-14-4-2-8-19(26)27/h2-17H,1H2. The van der Waals surface area contributed by atoms with Crippen molar-refractivity contribution in [1.82, 2.24) is 0 Å². The van der Waals surface area contributed by atoms with Gasteiger partial charge in [0.2, 0.25) is 0 Å². The number of fused-ring (bicyclic) bond motifs is 7. The molecule has 0 amide bonds. The van der Waals surface area contributed by atoms with E-state index in [1.165, 1.54) is 73.7 Å². The van der Waals surface area contributed by atoms with Crippen LogP contribution in [0.2, 0.25) is 0 Å². The predicted octanol–water partition coefficient (Wildman–Crippen LogP) is 9.52. The minimum atomic E-state index is 1.13. The average Bonchev–Trinajstić information content (AvgIpc) is 3.48. The zero-order chi connectivity index (χ0) is 22.4. The fourth-order valence-corrected chi connectivity index (χ4v) is 7.93. The molecule has 2 heterocycles. The Morgan fingerprint density at radius 2 is 1.15 bits per heavy atom. The lowest BCUT2D eigenvalue weighted by molar-refractivity contribution is 1.74. The highest BCUT2D eigenvalue weighted by Gasteiger charge is 2.17. The van der Waals surface area contributed by atoms with Crippen molar-refractivity contribution in [1.29, 1.82) is 0 Å². The Bertz CT molecular complexity index is 2140. The van der Waals surface area contributed by atoms with Crippen LogP contribution in [0.1, 0.15) is 0 Å². The van der Waals surface area contributed by atoms with Crippen molar-refractivity contribution in [2.24, 2.45) is 0 Å². The third kappa shape index (κ3) is 2.32. The molecule has 0 N–H and O–H groups in total. The molecule has 0 aliphatic carbocycles. The summed E-state index contributed by atoms with van der Waals surface area (Å²) in [5.41, 5.74) is 2.58. The monoisotopic (exact) mass is 466 g/mol. The molecule has 0 radical (unpaired) electrons. The van der Waals surface area contributed by atoms with Gasteiger partial charge in [0, 0.05) is 35.8 Å². The van der Waals surface area contributed by atoms with Crippen molar-refractivity contribution >= 4 is 91.8 Å². The third-order valence-electron chi connectivity index (χ3n) is 7.25. The SMILES string of the molecule is C=c1c2cc3sc4ccccc4c3c3cccc(c4cccc(-c5csc6ccccc56)c14)c23. The average molecular weight is 467 g/mol. The van der Waals surface area contributed by atoms with E-state index in [0.717, 1.165) is 5.22 Å². The molecular weight excluding hydrogens is 448 g/mol. The first-order valence-corrected chi connectivity index (χ1v) is 13.2. The van der Waals surface area contributed by atoms with Crippen LogP contribution < -0.4 is 5.22 Å². The number of hydrogen-bond donors (Lipinski definition) is 0. The van der Waals surface area contributed by atoms with Crippen molar-refractivity contribution in [3.63, 3.8) is 0 Å². The summed E-state index contributed by atoms with van der Waals surface area (Å²) in [7, 11) is 0. The molecule has 0 bridgehead atoms. The molecule has 0 aliphatic heterocycles. The highest BCUT2D eigenvalue weighted by molar-refractivity contribution is 7.26. The van der Waals surface area contributed by atoms with Gasteiger partial charge in [0.1, 0.15) is 0 Å². The molecule has 0 aliphatic rings. The van der Waals surface area contributed by atoms with Gasteiger partial charge >= 0.3 is 0 Å². The highest BCUT2D eigenvalue weighted by atomic mass is 32.1. The fourth-order valence-electron chi connectivity index (χ4n) is 5.81. The maximum atomic E-state index is 4.70. The molecule has 8 aromatic rings. The minimum Gasteiger partial charge on any atom is -0.143 e. The van der Waals surface area contributed by atoms with Crippen molar-refractivity contribution < 1.29 is 0 Å². The lowest BCUT2D eigenvalue weighted by Crippen LogP contribution is -2.04. The Hall–Kier alpha value is -3.72. The zero-order valence-electron chi connectivity index (χ0n) is 18.3. The first kappa shape index (κ1) is 18.7. The summed E-state index contributed by atoms with van der Waals surface area (Å²) in [4.78, 5) is 0. The molecule has 0 unspecified atom stereocenters. The van der Waals surface area contributed by atoms with Gasteiger partial charge in [-0.15, -0.1) is 22.7 Å². The van der Waals surface area contributed by atoms with Crippen molar-refractivity contribution in [3.05, 3.63) is 102 Å². The second kappa shape index (κ2) is 6.66. The van der Waals surface area contributed by atoms with E-state index in [-0.39, 0.29) is 0 Å². The lowest BCUT2D eigenvalue weighted by Gasteiger charge is -2.15. The fraction of sp³-hybridized carbons (Fsp3) is 0. The van der Waals surface area contributed by atoms with Crippen molar-refractivity contribution in [3.8, 4) is 11.1 Å². The summed E-state index contributed by atoms with van der Waals surface area (Å²) < 4.78 is 4.00. The first-order chi connectivity index (χ1) is 16.8. The van der Waals surface area contributed by atoms with E-state index < -0.39 is 0 Å². The molecule has 0 spiro atoms. The summed E-state index contributed by atoms with van der Waals surface area (Å²) in [6.45, 7) is 4.70. The van der Waals surface area contributed by atoms with Crippen LogP contribution in [-0.2, 0) is 0 Å². The van der Waals surface area contributed by atoms with E-state index in [4.69, 9.17) is 6.58 Å². The van der Waals surface area contributed by atoms with Gasteiger partial charge in [-0.1, -0.05) is 79.4 Å². The van der Waals surface area contributed by atoms with Crippen LogP contribution in [0, 0.1) is 0 Å². The summed E-state index contributed by atoms with van der Waals surface area (Å²) in [5, 5.41) is 15.3. The van der Waals surface area contributed by atoms with Crippen molar-refractivity contribution in [2.75, 3.05) is 0 Å². The minimum absolute atomic E-state index is 1.13. The van der Waals surface area contributed by atoms with Gasteiger partial charge in [-0.3, -0.25) is 0 Å². The van der Waals surface area contributed by atoms with Crippen LogP contribution in [0.5, 0.6) is 0 Å². The summed E-state index contributed by atoms with van der Waals surface area (Å²) in [5.74, 6) is 0. The summed E-state index contributed by atoms with van der Waals surface area (Å²) in [6.07, 6.45) is 0. The molecule has 2 aromatic heterocycles. The van der Waals surface area contributed by atoms with E-state index in [1.807, 2.05) is 22.7 Å². The highest BCUT2D eigenvalue weighted by Crippen LogP contribution is 2.44. The van der Waals surface area contributed by atoms with Gasteiger partial charge in [0.25, 0.3) is 0 Å². The van der Waals surface area contributed by atoms with Gasteiger partial charge < -0.3 is 0 Å². The van der Waals surface area contributed by atoms with Crippen LogP contribution in [0.3, 0.4) is 0 Å². The van der Waals surface area contributed by atoms with Crippen LogP contribution >= 0.6 is 22.7 Å². The quantitative estimate of drug-likeness (QED) is 0.167. The molecule has 158 valence electrons. The van der Waals surface area contributed by atoms with Crippen LogP contribution in [0.4, 0.5) is 0 Å². The number of benzene rings is 6. The number of thiophene rings is 2. The molecule has 0 nitrogen and oxygen atoms in total. The maximum Gasteiger partial charge on any atom is 0.0368 e. The van der Waals surface area contributed by atoms with Gasteiger partial charge in [-0.25, -0.2) is 0 Å². The van der Waals surface area contributed by atoms with Gasteiger partial charge in [0.05, 0.1) is 0 Å². The molecule has 0 saturated carbocycles. The molecule has 2 heteroatoms. The van der Waals surface area contributed by atoms with Crippen LogP contribution in [-0.4, -0.2) is 0 Å². The summed E-state index contributed by atoms with van der Waals surface area (Å²) in [6, 6.07) is 33.4. The normalized spacial score (nSPS) is 12.2. The van der Waals surface area contributed by atoms with E-state index in [9.17, 15) is 0 Å². The Morgan fingerprint density at radius 1 is 0.471 bits per heavy atom. The molecule has 34 heavy (non-hydrogen) atoms. The summed E-state index contributed by atoms with van der Waals surface area (Å²) >= 11 is 3.70. The second-order valence-corrected chi connectivity index (χ2v) is 11.0. The second-order valence-electron chi connectivity index (χ2n) is 8.98. The molecule has 0 fully saturated rings. The van der Waals surface area contributed by atoms with E-state index in [2.05, 4.69) is 96.4 Å². The smallest absolute Gasteiger partial charge is 0.0368 e. The predicted molar refractivity (Wildman–Crippen MR) is 153 cm³/mol. The molecule has 0 saturated heterocycles. The van der Waals surface area contributed by atoms with E-state index in [1.54, 1.807) is 0 Å².